The molecule has 2 fully saturated rings. The van der Waals surface area contributed by atoms with Gasteiger partial charge in [-0.15, -0.1) is 0 Å². The average Bonchev–Trinajstić information content (AvgIpc) is 3.12. The fourth-order valence-electron chi connectivity index (χ4n) is 1.72. The highest BCUT2D eigenvalue weighted by Crippen LogP contribution is 2.12. The van der Waals surface area contributed by atoms with E-state index in [-0.39, 0.29) is 23.6 Å². The molecule has 2 unspecified atom stereocenters. The third-order valence-electron chi connectivity index (χ3n) is 2.86. The zero-order valence-corrected chi connectivity index (χ0v) is 8.96. The second kappa shape index (κ2) is 3.33. The number of nitrogens with zero attached hydrogens (tertiary/aromatic N) is 3. The Labute approximate surface area is 90.8 Å². The third kappa shape index (κ3) is 1.61. The van der Waals surface area contributed by atoms with Crippen LogP contribution in [-0.2, 0) is 29.6 Å². The molecule has 0 amide bonds. The van der Waals surface area contributed by atoms with Crippen molar-refractivity contribution in [2.75, 3.05) is 13.2 Å². The Kier molecular flexibility index (Phi) is 2.05. The topological polar surface area (TPSA) is 74.0 Å². The van der Waals surface area contributed by atoms with Crippen molar-refractivity contribution in [3.8, 4) is 0 Å². The average molecular weight is 227 g/mol. The standard InChI is InChI=1S/C9H13N3O4/c1-10-8(13)11(2-6-4-15-6)12(9(10)14)3-7-5-16-7/h6-7H,2-5H2,1H3. The second-order valence-electron chi connectivity index (χ2n) is 4.20. The molecule has 88 valence electrons. The predicted molar refractivity (Wildman–Crippen MR) is 53.4 cm³/mol. The van der Waals surface area contributed by atoms with Gasteiger partial charge in [-0.05, 0) is 0 Å². The molecule has 2 aliphatic rings. The highest BCUT2D eigenvalue weighted by Gasteiger charge is 2.29. The molecule has 7 nitrogen and oxygen atoms in total. The Bertz CT molecular complexity index is 472. The number of epoxide rings is 2. The molecule has 1 aromatic rings. The minimum absolute atomic E-state index is 0.0749. The molecule has 0 aromatic carbocycles. The maximum absolute atomic E-state index is 11.8. The second-order valence-corrected chi connectivity index (χ2v) is 4.20. The molecule has 2 aliphatic heterocycles. The molecule has 0 N–H and O–H groups in total. The summed E-state index contributed by atoms with van der Waals surface area (Å²) in [7, 11) is 1.49. The number of aromatic nitrogens is 3. The Balaban J connectivity index is 1.99. The molecule has 0 bridgehead atoms. The van der Waals surface area contributed by atoms with E-state index in [4.69, 9.17) is 9.47 Å². The van der Waals surface area contributed by atoms with Gasteiger partial charge in [0.15, 0.2) is 0 Å². The van der Waals surface area contributed by atoms with Crippen LogP contribution in [0, 0.1) is 0 Å². The quantitative estimate of drug-likeness (QED) is 0.566. The maximum atomic E-state index is 11.8. The fraction of sp³-hybridized carbons (Fsp3) is 0.778. The zero-order valence-electron chi connectivity index (χ0n) is 8.96. The summed E-state index contributed by atoms with van der Waals surface area (Å²) in [5.74, 6) is 0. The van der Waals surface area contributed by atoms with Crippen molar-refractivity contribution in [3.05, 3.63) is 21.0 Å². The van der Waals surface area contributed by atoms with Crippen molar-refractivity contribution >= 4 is 0 Å². The molecule has 7 heteroatoms. The van der Waals surface area contributed by atoms with Gasteiger partial charge in [0, 0.05) is 7.05 Å². The van der Waals surface area contributed by atoms with E-state index >= 15 is 0 Å². The molecule has 2 saturated heterocycles. The van der Waals surface area contributed by atoms with Crippen molar-refractivity contribution < 1.29 is 9.47 Å². The van der Waals surface area contributed by atoms with Gasteiger partial charge < -0.3 is 9.47 Å². The van der Waals surface area contributed by atoms with Crippen LogP contribution in [0.2, 0.25) is 0 Å². The minimum atomic E-state index is -0.291. The van der Waals surface area contributed by atoms with E-state index in [9.17, 15) is 9.59 Å². The highest BCUT2D eigenvalue weighted by atomic mass is 16.6. The van der Waals surface area contributed by atoms with Crippen molar-refractivity contribution in [2.45, 2.75) is 25.3 Å². The van der Waals surface area contributed by atoms with Crippen molar-refractivity contribution in [2.24, 2.45) is 7.05 Å². The van der Waals surface area contributed by atoms with E-state index in [2.05, 4.69) is 0 Å². The summed E-state index contributed by atoms with van der Waals surface area (Å²) in [6.07, 6.45) is 0.150. The Hall–Kier alpha value is -1.34. The molecule has 0 aliphatic carbocycles. The first-order valence-corrected chi connectivity index (χ1v) is 5.26. The summed E-state index contributed by atoms with van der Waals surface area (Å²) in [6.45, 7) is 2.22. The van der Waals surface area contributed by atoms with Crippen LogP contribution in [-0.4, -0.2) is 39.4 Å². The van der Waals surface area contributed by atoms with Gasteiger partial charge in [0.25, 0.3) is 0 Å². The van der Waals surface area contributed by atoms with Gasteiger partial charge in [-0.3, -0.25) is 0 Å². The minimum Gasteiger partial charge on any atom is -0.371 e. The summed E-state index contributed by atoms with van der Waals surface area (Å²) in [6, 6.07) is 0. The molecule has 3 heterocycles. The van der Waals surface area contributed by atoms with E-state index in [0.29, 0.717) is 26.3 Å². The van der Waals surface area contributed by atoms with Gasteiger partial charge in [0.05, 0.1) is 26.3 Å². The van der Waals surface area contributed by atoms with Crippen LogP contribution in [0.25, 0.3) is 0 Å². The van der Waals surface area contributed by atoms with E-state index < -0.39 is 0 Å². The SMILES string of the molecule is Cn1c(=O)n(CC2CO2)n(CC2CO2)c1=O. The summed E-state index contributed by atoms with van der Waals surface area (Å²) < 4.78 is 14.2. The van der Waals surface area contributed by atoms with Crippen LogP contribution in [0.5, 0.6) is 0 Å². The normalized spacial score (nSPS) is 27.1. The van der Waals surface area contributed by atoms with Crippen molar-refractivity contribution in [1.82, 2.24) is 13.9 Å². The summed E-state index contributed by atoms with van der Waals surface area (Å²) in [5, 5.41) is 0. The van der Waals surface area contributed by atoms with Crippen LogP contribution in [0.15, 0.2) is 9.59 Å². The van der Waals surface area contributed by atoms with Gasteiger partial charge in [-0.25, -0.2) is 23.5 Å². The van der Waals surface area contributed by atoms with E-state index in [0.717, 1.165) is 4.57 Å². The fourth-order valence-corrected chi connectivity index (χ4v) is 1.72. The largest absolute Gasteiger partial charge is 0.371 e. The van der Waals surface area contributed by atoms with Gasteiger partial charge >= 0.3 is 11.4 Å². The number of hydrogen-bond donors (Lipinski definition) is 0. The molecule has 1 aromatic heterocycles. The van der Waals surface area contributed by atoms with E-state index in [1.165, 1.54) is 16.4 Å². The van der Waals surface area contributed by atoms with Gasteiger partial charge in [-0.1, -0.05) is 0 Å². The number of hydrogen-bond acceptors (Lipinski definition) is 4. The van der Waals surface area contributed by atoms with Crippen LogP contribution < -0.4 is 11.4 Å². The lowest BCUT2D eigenvalue weighted by Gasteiger charge is -2.05. The lowest BCUT2D eigenvalue weighted by Crippen LogP contribution is -2.30. The van der Waals surface area contributed by atoms with Crippen molar-refractivity contribution in [1.29, 1.82) is 0 Å². The maximum Gasteiger partial charge on any atom is 0.346 e. The molecular weight excluding hydrogens is 214 g/mol. The van der Waals surface area contributed by atoms with E-state index in [1.807, 2.05) is 0 Å². The first-order valence-electron chi connectivity index (χ1n) is 5.26. The first-order chi connectivity index (χ1) is 7.66. The smallest absolute Gasteiger partial charge is 0.346 e. The van der Waals surface area contributed by atoms with Crippen LogP contribution in [0.4, 0.5) is 0 Å². The molecule has 3 rings (SSSR count). The molecule has 0 radical (unpaired) electrons. The highest BCUT2D eigenvalue weighted by molar-refractivity contribution is 4.80. The molecule has 0 spiro atoms. The monoisotopic (exact) mass is 227 g/mol. The molecule has 16 heavy (non-hydrogen) atoms. The first kappa shape index (κ1) is 9.86. The number of rotatable bonds is 4. The van der Waals surface area contributed by atoms with Crippen LogP contribution >= 0.6 is 0 Å². The molecular formula is C9H13N3O4. The van der Waals surface area contributed by atoms with Gasteiger partial charge in [-0.2, -0.15) is 0 Å². The van der Waals surface area contributed by atoms with Crippen LogP contribution in [0.1, 0.15) is 0 Å². The van der Waals surface area contributed by atoms with Crippen molar-refractivity contribution in [3.63, 3.8) is 0 Å². The lowest BCUT2D eigenvalue weighted by atomic mass is 10.5. The van der Waals surface area contributed by atoms with Gasteiger partial charge in [0.1, 0.15) is 12.2 Å². The summed E-state index contributed by atoms with van der Waals surface area (Å²) in [4.78, 5) is 23.6. The summed E-state index contributed by atoms with van der Waals surface area (Å²) >= 11 is 0. The van der Waals surface area contributed by atoms with Crippen LogP contribution in [0.3, 0.4) is 0 Å². The van der Waals surface area contributed by atoms with E-state index in [1.54, 1.807) is 0 Å². The summed E-state index contributed by atoms with van der Waals surface area (Å²) in [5.41, 5.74) is -0.581. The number of ether oxygens (including phenoxy) is 2. The zero-order chi connectivity index (χ0) is 11.3. The molecule has 2 atom stereocenters. The Morgan fingerprint density at radius 2 is 1.44 bits per heavy atom. The predicted octanol–water partition coefficient (Wildman–Crippen LogP) is -1.85. The third-order valence-corrected chi connectivity index (χ3v) is 2.86. The molecule has 0 saturated carbocycles. The Morgan fingerprint density at radius 1 is 1.06 bits per heavy atom. The Morgan fingerprint density at radius 3 is 1.75 bits per heavy atom. The van der Waals surface area contributed by atoms with Gasteiger partial charge in [0.2, 0.25) is 0 Å². The lowest BCUT2D eigenvalue weighted by molar-refractivity contribution is 0.314.